The van der Waals surface area contributed by atoms with Crippen molar-refractivity contribution in [2.45, 2.75) is 39.4 Å². The number of carbonyl (C=O) groups is 2. The Bertz CT molecular complexity index is 1350. The number of rotatable bonds is 5. The van der Waals surface area contributed by atoms with Crippen LogP contribution in [0.5, 0.6) is 0 Å². The Morgan fingerprint density at radius 3 is 2.37 bits per heavy atom. The Morgan fingerprint density at radius 2 is 1.77 bits per heavy atom. The number of carboxylic acids is 1. The molecule has 184 valence electrons. The molecule has 12 heteroatoms. The summed E-state index contributed by atoms with van der Waals surface area (Å²) >= 11 is 0. The van der Waals surface area contributed by atoms with E-state index in [1.165, 1.54) is 0 Å². The highest BCUT2D eigenvalue weighted by molar-refractivity contribution is 6.05. The number of imidazole rings is 1. The number of amides is 1. The van der Waals surface area contributed by atoms with Crippen molar-refractivity contribution in [2.24, 2.45) is 0 Å². The van der Waals surface area contributed by atoms with E-state index in [1.54, 1.807) is 18.5 Å². The van der Waals surface area contributed by atoms with Crippen LogP contribution in [0.15, 0.2) is 42.7 Å². The molecule has 1 amide bonds. The molecule has 0 saturated carbocycles. The van der Waals surface area contributed by atoms with Crippen LogP contribution in [0.2, 0.25) is 0 Å². The monoisotopic (exact) mass is 488 g/mol. The average Bonchev–Trinajstić information content (AvgIpc) is 3.15. The number of fused-ring (bicyclic) bond motifs is 3. The van der Waals surface area contributed by atoms with Crippen molar-refractivity contribution in [1.82, 2.24) is 30.0 Å². The van der Waals surface area contributed by atoms with Gasteiger partial charge in [-0.3, -0.25) is 9.78 Å². The summed E-state index contributed by atoms with van der Waals surface area (Å²) in [7, 11) is 0. The Balaban J connectivity index is 0.000000429. The molecule has 2 N–H and O–H groups in total. The van der Waals surface area contributed by atoms with Crippen LogP contribution in [0.25, 0.3) is 22.1 Å². The summed E-state index contributed by atoms with van der Waals surface area (Å²) in [4.78, 5) is 30.1. The molecule has 0 unspecified atom stereocenters. The zero-order chi connectivity index (χ0) is 25.8. The van der Waals surface area contributed by atoms with Crippen LogP contribution in [-0.4, -0.2) is 54.4 Å². The Labute approximate surface area is 198 Å². The minimum absolute atomic E-state index is 0.103. The van der Waals surface area contributed by atoms with Crippen LogP contribution in [0.4, 0.5) is 13.2 Å². The third-order valence-corrected chi connectivity index (χ3v) is 5.04. The number of carbonyl (C=O) groups excluding carboxylic acids is 1. The van der Waals surface area contributed by atoms with Crippen molar-refractivity contribution in [3.8, 4) is 0 Å². The van der Waals surface area contributed by atoms with Crippen LogP contribution in [0.3, 0.4) is 0 Å². The van der Waals surface area contributed by atoms with Crippen molar-refractivity contribution in [1.29, 1.82) is 0 Å². The van der Waals surface area contributed by atoms with Gasteiger partial charge in [0.25, 0.3) is 5.91 Å². The van der Waals surface area contributed by atoms with Gasteiger partial charge < -0.3 is 15.0 Å². The normalized spacial score (nSPS) is 11.4. The quantitative estimate of drug-likeness (QED) is 0.437. The average molecular weight is 488 g/mol. The number of benzene rings is 1. The van der Waals surface area contributed by atoms with Gasteiger partial charge in [0, 0.05) is 35.9 Å². The van der Waals surface area contributed by atoms with Crippen molar-refractivity contribution in [2.75, 3.05) is 6.54 Å². The van der Waals surface area contributed by atoms with Crippen molar-refractivity contribution in [3.63, 3.8) is 0 Å². The maximum Gasteiger partial charge on any atom is 0.490 e. The largest absolute Gasteiger partial charge is 0.490 e. The Morgan fingerprint density at radius 1 is 1.11 bits per heavy atom. The fourth-order valence-corrected chi connectivity index (χ4v) is 3.51. The Kier molecular flexibility index (Phi) is 7.62. The molecule has 0 aliphatic carbocycles. The second kappa shape index (κ2) is 10.5. The van der Waals surface area contributed by atoms with Gasteiger partial charge in [0.05, 0.1) is 11.0 Å². The van der Waals surface area contributed by atoms with Crippen molar-refractivity contribution >= 4 is 33.9 Å². The summed E-state index contributed by atoms with van der Waals surface area (Å²) in [5.41, 5.74) is 4.02. The number of pyridine rings is 1. The molecule has 0 spiro atoms. The third-order valence-electron chi connectivity index (χ3n) is 5.04. The SMILES string of the molecule is Cc1nc2nnc3ccc(C(=O)NCCc4ccncc4)cc3c2n1C(C)C.O=C(O)C(F)(F)F. The molecule has 4 rings (SSSR count). The standard InChI is InChI=1S/C21H22N6O.C2HF3O2/c1-13(2)27-14(3)24-20-19(27)17-12-16(4-5-18(17)25-26-20)21(28)23-11-8-15-6-9-22-10-7-15;3-2(4,5)1(6)7/h4-7,9-10,12-13H,8,11H2,1-3H3,(H,23,28);(H,6,7). The van der Waals surface area contributed by atoms with Gasteiger partial charge in [-0.25, -0.2) is 9.78 Å². The predicted molar refractivity (Wildman–Crippen MR) is 122 cm³/mol. The molecule has 3 heterocycles. The number of aliphatic carboxylic acids is 1. The van der Waals surface area contributed by atoms with E-state index in [9.17, 15) is 18.0 Å². The maximum atomic E-state index is 12.7. The van der Waals surface area contributed by atoms with Crippen molar-refractivity contribution in [3.05, 3.63) is 59.7 Å². The van der Waals surface area contributed by atoms with Gasteiger partial charge in [-0.15, -0.1) is 10.2 Å². The number of carboxylic acid groups (broad SMARTS) is 1. The second-order valence-corrected chi connectivity index (χ2v) is 7.89. The fourth-order valence-electron chi connectivity index (χ4n) is 3.51. The van der Waals surface area contributed by atoms with Crippen molar-refractivity contribution < 1.29 is 27.9 Å². The highest BCUT2D eigenvalue weighted by Crippen LogP contribution is 2.27. The lowest BCUT2D eigenvalue weighted by Gasteiger charge is -2.12. The number of aryl methyl sites for hydroxylation is 1. The molecular formula is C23H23F3N6O3. The Hall–Kier alpha value is -4.09. The minimum Gasteiger partial charge on any atom is -0.475 e. The number of hydrogen-bond donors (Lipinski definition) is 2. The van der Waals surface area contributed by atoms with Crippen LogP contribution in [0, 0.1) is 6.92 Å². The molecule has 0 bridgehead atoms. The first-order chi connectivity index (χ1) is 16.5. The van der Waals surface area contributed by atoms with Gasteiger partial charge in [-0.05, 0) is 63.1 Å². The molecule has 0 radical (unpaired) electrons. The smallest absolute Gasteiger partial charge is 0.475 e. The first kappa shape index (κ1) is 25.5. The molecule has 4 aromatic rings. The van der Waals surface area contributed by atoms with E-state index in [-0.39, 0.29) is 11.9 Å². The van der Waals surface area contributed by atoms with Crippen LogP contribution in [-0.2, 0) is 11.2 Å². The summed E-state index contributed by atoms with van der Waals surface area (Å²) in [6, 6.07) is 9.64. The summed E-state index contributed by atoms with van der Waals surface area (Å²) in [6.45, 7) is 6.74. The number of aromatic nitrogens is 5. The predicted octanol–water partition coefficient (Wildman–Crippen LogP) is 3.87. The third kappa shape index (κ3) is 6.08. The minimum atomic E-state index is -5.08. The summed E-state index contributed by atoms with van der Waals surface area (Å²) in [5, 5.41) is 19.5. The molecule has 0 aliphatic rings. The summed E-state index contributed by atoms with van der Waals surface area (Å²) < 4.78 is 33.9. The molecule has 0 fully saturated rings. The molecule has 0 atom stereocenters. The highest BCUT2D eigenvalue weighted by Gasteiger charge is 2.38. The van der Waals surface area contributed by atoms with Gasteiger partial charge >= 0.3 is 12.1 Å². The number of alkyl halides is 3. The lowest BCUT2D eigenvalue weighted by Crippen LogP contribution is -2.25. The zero-order valence-corrected chi connectivity index (χ0v) is 19.2. The highest BCUT2D eigenvalue weighted by atomic mass is 19.4. The lowest BCUT2D eigenvalue weighted by atomic mass is 10.1. The van der Waals surface area contributed by atoms with E-state index in [0.717, 1.165) is 34.2 Å². The molecule has 3 aromatic heterocycles. The fraction of sp³-hybridized carbons (Fsp3) is 0.304. The summed E-state index contributed by atoms with van der Waals surface area (Å²) in [5.74, 6) is -1.97. The van der Waals surface area contributed by atoms with E-state index >= 15 is 0 Å². The molecule has 1 aromatic carbocycles. The molecule has 0 saturated heterocycles. The summed E-state index contributed by atoms with van der Waals surface area (Å²) in [6.07, 6.45) is -0.809. The number of halogens is 3. The topological polar surface area (TPSA) is 123 Å². The number of hydrogen-bond acceptors (Lipinski definition) is 6. The van der Waals surface area contributed by atoms with Gasteiger partial charge in [0.1, 0.15) is 5.82 Å². The zero-order valence-electron chi connectivity index (χ0n) is 19.2. The van der Waals surface area contributed by atoms with Gasteiger partial charge in [0.2, 0.25) is 5.65 Å². The molecule has 0 aliphatic heterocycles. The van der Waals surface area contributed by atoms with Crippen LogP contribution in [0.1, 0.15) is 41.6 Å². The molecule has 35 heavy (non-hydrogen) atoms. The lowest BCUT2D eigenvalue weighted by molar-refractivity contribution is -0.192. The van der Waals surface area contributed by atoms with E-state index in [4.69, 9.17) is 9.90 Å². The number of nitrogens with one attached hydrogen (secondary N) is 1. The van der Waals surface area contributed by atoms with E-state index in [0.29, 0.717) is 17.8 Å². The molecule has 9 nitrogen and oxygen atoms in total. The number of nitrogens with zero attached hydrogens (tertiary/aromatic N) is 5. The second-order valence-electron chi connectivity index (χ2n) is 7.89. The van der Waals surface area contributed by atoms with E-state index in [1.807, 2.05) is 31.2 Å². The first-order valence-corrected chi connectivity index (χ1v) is 10.6. The van der Waals surface area contributed by atoms with Crippen LogP contribution < -0.4 is 5.32 Å². The maximum absolute atomic E-state index is 12.7. The van der Waals surface area contributed by atoms with E-state index in [2.05, 4.69) is 43.9 Å². The van der Waals surface area contributed by atoms with Gasteiger partial charge in [0.15, 0.2) is 0 Å². The first-order valence-electron chi connectivity index (χ1n) is 10.6. The van der Waals surface area contributed by atoms with E-state index < -0.39 is 12.1 Å². The van der Waals surface area contributed by atoms with Crippen LogP contribution >= 0.6 is 0 Å². The van der Waals surface area contributed by atoms with Gasteiger partial charge in [-0.2, -0.15) is 13.2 Å². The molecular weight excluding hydrogens is 465 g/mol. The van der Waals surface area contributed by atoms with Gasteiger partial charge in [-0.1, -0.05) is 0 Å².